The quantitative estimate of drug-likeness (QED) is 0.784. The molecule has 25 heavy (non-hydrogen) atoms. The summed E-state index contributed by atoms with van der Waals surface area (Å²) in [6.07, 6.45) is 2.34. The summed E-state index contributed by atoms with van der Waals surface area (Å²) in [7, 11) is 0. The molecule has 1 aliphatic rings. The van der Waals surface area contributed by atoms with Gasteiger partial charge in [-0.15, -0.1) is 0 Å². The molecule has 7 heteroatoms. The lowest BCUT2D eigenvalue weighted by Crippen LogP contribution is -2.33. The number of nitrogens with zero attached hydrogens (tertiary/aromatic N) is 6. The third-order valence-electron chi connectivity index (χ3n) is 4.87. The van der Waals surface area contributed by atoms with Crippen molar-refractivity contribution in [1.29, 1.82) is 0 Å². The van der Waals surface area contributed by atoms with Gasteiger partial charge < -0.3 is 5.73 Å². The fourth-order valence-electron chi connectivity index (χ4n) is 3.65. The van der Waals surface area contributed by atoms with Crippen molar-refractivity contribution >= 4 is 16.7 Å². The molecule has 3 heterocycles. The molecule has 1 aliphatic heterocycles. The molecular weight excluding hydrogens is 314 g/mol. The molecule has 2 N–H and O–H groups in total. The van der Waals surface area contributed by atoms with Crippen LogP contribution < -0.4 is 5.73 Å². The van der Waals surface area contributed by atoms with Crippen molar-refractivity contribution in [2.75, 3.05) is 12.3 Å². The fourth-order valence-corrected chi connectivity index (χ4v) is 3.65. The molecule has 1 fully saturated rings. The monoisotopic (exact) mass is 337 g/mol. The first-order valence-electron chi connectivity index (χ1n) is 8.73. The topological polar surface area (TPSA) is 85.8 Å². The van der Waals surface area contributed by atoms with E-state index < -0.39 is 0 Å². The number of likely N-dealkylation sites (tertiary alicyclic amines) is 1. The van der Waals surface area contributed by atoms with E-state index in [-0.39, 0.29) is 0 Å². The number of hydrogen-bond acceptors (Lipinski definition) is 6. The Morgan fingerprint density at radius 3 is 2.80 bits per heavy atom. The van der Waals surface area contributed by atoms with Gasteiger partial charge >= 0.3 is 0 Å². The number of nitrogens with two attached hydrogens (primary N) is 1. The molecule has 2 aromatic heterocycles. The maximum absolute atomic E-state index is 6.12. The smallest absolute Gasteiger partial charge is 0.147 e. The van der Waals surface area contributed by atoms with Gasteiger partial charge in [0.1, 0.15) is 23.3 Å². The van der Waals surface area contributed by atoms with Crippen molar-refractivity contribution < 1.29 is 0 Å². The summed E-state index contributed by atoms with van der Waals surface area (Å²) in [6, 6.07) is 8.31. The molecule has 0 amide bonds. The molecule has 4 rings (SSSR count). The number of aryl methyl sites for hydroxylation is 2. The van der Waals surface area contributed by atoms with E-state index in [2.05, 4.69) is 20.0 Å². The lowest BCUT2D eigenvalue weighted by atomic mass is 10.2. The van der Waals surface area contributed by atoms with E-state index in [1.54, 1.807) is 0 Å². The largest absolute Gasteiger partial charge is 0.383 e. The number of hydrogen-bond donors (Lipinski definition) is 1. The van der Waals surface area contributed by atoms with E-state index in [0.29, 0.717) is 18.4 Å². The van der Waals surface area contributed by atoms with E-state index in [1.807, 2.05) is 42.8 Å². The minimum absolute atomic E-state index is 0.427. The van der Waals surface area contributed by atoms with Gasteiger partial charge in [-0.05, 0) is 45.4 Å². The number of rotatable bonds is 4. The molecule has 1 saturated heterocycles. The van der Waals surface area contributed by atoms with E-state index in [1.165, 1.54) is 6.42 Å². The molecule has 0 saturated carbocycles. The Bertz CT molecular complexity index is 902. The van der Waals surface area contributed by atoms with E-state index >= 15 is 0 Å². The molecule has 0 radical (unpaired) electrons. The first-order chi connectivity index (χ1) is 12.1. The van der Waals surface area contributed by atoms with Gasteiger partial charge in [-0.25, -0.2) is 19.6 Å². The Morgan fingerprint density at radius 1 is 1.16 bits per heavy atom. The standard InChI is InChI=1S/C18H23N7/c1-12-20-13(2)25(23-12)10-14-6-5-9-24(14)11-17-21-16-8-4-3-7-15(16)18(19)22-17/h3-4,7-8,14H,5-6,9-11H2,1-2H3,(H2,19,21,22)/t14-/m1/s1. The van der Waals surface area contributed by atoms with E-state index in [9.17, 15) is 0 Å². The van der Waals surface area contributed by atoms with Gasteiger partial charge in [0.15, 0.2) is 0 Å². The minimum Gasteiger partial charge on any atom is -0.383 e. The highest BCUT2D eigenvalue weighted by Gasteiger charge is 2.26. The molecule has 0 unspecified atom stereocenters. The number of anilines is 1. The zero-order valence-electron chi connectivity index (χ0n) is 14.7. The van der Waals surface area contributed by atoms with Gasteiger partial charge in [-0.2, -0.15) is 5.10 Å². The van der Waals surface area contributed by atoms with Crippen molar-refractivity contribution in [3.05, 3.63) is 41.7 Å². The minimum atomic E-state index is 0.427. The molecule has 130 valence electrons. The van der Waals surface area contributed by atoms with Crippen molar-refractivity contribution in [1.82, 2.24) is 29.6 Å². The summed E-state index contributed by atoms with van der Waals surface area (Å²) in [6.45, 7) is 6.56. The van der Waals surface area contributed by atoms with E-state index in [0.717, 1.165) is 47.9 Å². The predicted octanol–water partition coefficient (Wildman–Crippen LogP) is 2.08. The van der Waals surface area contributed by atoms with Crippen LogP contribution in [0.3, 0.4) is 0 Å². The summed E-state index contributed by atoms with van der Waals surface area (Å²) in [5.74, 6) is 3.14. The van der Waals surface area contributed by atoms with Crippen LogP contribution in [-0.4, -0.2) is 42.2 Å². The van der Waals surface area contributed by atoms with Crippen LogP contribution in [0.4, 0.5) is 5.82 Å². The Kier molecular flexibility index (Phi) is 4.09. The summed E-state index contributed by atoms with van der Waals surface area (Å²) in [4.78, 5) is 16.0. The van der Waals surface area contributed by atoms with Crippen LogP contribution in [0.25, 0.3) is 10.9 Å². The number of benzene rings is 1. The molecule has 1 aromatic carbocycles. The normalized spacial score (nSPS) is 18.2. The SMILES string of the molecule is Cc1nc(C)n(C[C@H]2CCCN2Cc2nc(N)c3ccccc3n2)n1. The zero-order valence-corrected chi connectivity index (χ0v) is 14.7. The van der Waals surface area contributed by atoms with Gasteiger partial charge in [0.25, 0.3) is 0 Å². The van der Waals surface area contributed by atoms with Crippen molar-refractivity contribution in [3.63, 3.8) is 0 Å². The third kappa shape index (κ3) is 3.19. The predicted molar refractivity (Wildman–Crippen MR) is 96.9 cm³/mol. The van der Waals surface area contributed by atoms with Crippen LogP contribution in [0.1, 0.15) is 30.3 Å². The van der Waals surface area contributed by atoms with Gasteiger partial charge in [0, 0.05) is 11.4 Å². The van der Waals surface area contributed by atoms with Crippen LogP contribution in [0.2, 0.25) is 0 Å². The lowest BCUT2D eigenvalue weighted by Gasteiger charge is -2.24. The Morgan fingerprint density at radius 2 is 2.00 bits per heavy atom. The second kappa shape index (κ2) is 6.40. The van der Waals surface area contributed by atoms with Gasteiger partial charge in [0.05, 0.1) is 18.6 Å². The number of nitrogen functional groups attached to an aromatic ring is 1. The van der Waals surface area contributed by atoms with Crippen LogP contribution in [-0.2, 0) is 13.1 Å². The highest BCUT2D eigenvalue weighted by Crippen LogP contribution is 2.23. The maximum atomic E-state index is 6.12. The molecule has 3 aromatic rings. The fraction of sp³-hybridized carbons (Fsp3) is 0.444. The summed E-state index contributed by atoms with van der Waals surface area (Å²) in [5.41, 5.74) is 7.03. The second-order valence-corrected chi connectivity index (χ2v) is 6.70. The Balaban J connectivity index is 1.54. The van der Waals surface area contributed by atoms with Crippen LogP contribution in [0, 0.1) is 13.8 Å². The highest BCUT2D eigenvalue weighted by atomic mass is 15.4. The molecule has 7 nitrogen and oxygen atoms in total. The van der Waals surface area contributed by atoms with Crippen molar-refractivity contribution in [2.24, 2.45) is 0 Å². The van der Waals surface area contributed by atoms with Crippen molar-refractivity contribution in [2.45, 2.75) is 45.8 Å². The van der Waals surface area contributed by atoms with Gasteiger partial charge in [0.2, 0.25) is 0 Å². The first kappa shape index (κ1) is 16.0. The molecule has 0 aliphatic carbocycles. The Labute approximate surface area is 146 Å². The second-order valence-electron chi connectivity index (χ2n) is 6.70. The van der Waals surface area contributed by atoms with Crippen LogP contribution in [0.5, 0.6) is 0 Å². The average molecular weight is 337 g/mol. The zero-order chi connectivity index (χ0) is 17.4. The van der Waals surface area contributed by atoms with E-state index in [4.69, 9.17) is 10.7 Å². The molecule has 0 spiro atoms. The lowest BCUT2D eigenvalue weighted by molar-refractivity contribution is 0.213. The number of aromatic nitrogens is 5. The first-order valence-corrected chi connectivity index (χ1v) is 8.73. The number of para-hydroxylation sites is 1. The average Bonchev–Trinajstić information content (AvgIpc) is 3.14. The van der Waals surface area contributed by atoms with Crippen LogP contribution >= 0.6 is 0 Å². The van der Waals surface area contributed by atoms with Crippen molar-refractivity contribution in [3.8, 4) is 0 Å². The maximum Gasteiger partial charge on any atom is 0.147 e. The Hall–Kier alpha value is -2.54. The summed E-state index contributed by atoms with van der Waals surface area (Å²) >= 11 is 0. The molecule has 0 bridgehead atoms. The highest BCUT2D eigenvalue weighted by molar-refractivity contribution is 5.87. The van der Waals surface area contributed by atoms with Crippen LogP contribution in [0.15, 0.2) is 24.3 Å². The van der Waals surface area contributed by atoms with Gasteiger partial charge in [-0.3, -0.25) is 4.90 Å². The van der Waals surface area contributed by atoms with Gasteiger partial charge in [-0.1, -0.05) is 12.1 Å². The summed E-state index contributed by atoms with van der Waals surface area (Å²) in [5, 5.41) is 5.41. The summed E-state index contributed by atoms with van der Waals surface area (Å²) < 4.78 is 2.01. The number of fused-ring (bicyclic) bond motifs is 1. The third-order valence-corrected chi connectivity index (χ3v) is 4.87. The molecule has 1 atom stereocenters. The molecular formula is C18H23N7.